The molecule has 1 rings (SSSR count). The number of aryl methyl sites for hydroxylation is 1. The molecule has 0 saturated carbocycles. The molecule has 0 spiro atoms. The van der Waals surface area contributed by atoms with Crippen molar-refractivity contribution in [1.82, 2.24) is 4.98 Å². The van der Waals surface area contributed by atoms with Gasteiger partial charge in [0.25, 0.3) is 0 Å². The monoisotopic (exact) mass is 182 g/mol. The quantitative estimate of drug-likeness (QED) is 0.706. The van der Waals surface area contributed by atoms with Crippen LogP contribution in [0.1, 0.15) is 5.69 Å². The van der Waals surface area contributed by atoms with Gasteiger partial charge in [0.1, 0.15) is 6.61 Å². The molecule has 0 atom stereocenters. The molecular weight excluding hydrogens is 168 g/mol. The second kappa shape index (κ2) is 4.67. The van der Waals surface area contributed by atoms with Crippen LogP contribution in [-0.4, -0.2) is 25.3 Å². The molecule has 0 bridgehead atoms. The van der Waals surface area contributed by atoms with Crippen molar-refractivity contribution in [2.24, 2.45) is 0 Å². The highest BCUT2D eigenvalue weighted by Gasteiger charge is 2.00. The molecule has 0 unspecified atom stereocenters. The Morgan fingerprint density at radius 2 is 2.15 bits per heavy atom. The maximum absolute atomic E-state index is 5.63. The van der Waals surface area contributed by atoms with E-state index in [9.17, 15) is 0 Å². The Balaban J connectivity index is 2.56. The van der Waals surface area contributed by atoms with Crippen molar-refractivity contribution in [3.8, 4) is 5.75 Å². The summed E-state index contributed by atoms with van der Waals surface area (Å²) in [5.74, 6) is 1.04. The van der Waals surface area contributed by atoms with Gasteiger partial charge in [-0.3, -0.25) is 0 Å². The van der Waals surface area contributed by atoms with Gasteiger partial charge in [-0.15, -0.1) is 0 Å². The Bertz CT molecular complexity index is 276. The van der Waals surface area contributed by atoms with E-state index in [2.05, 4.69) is 4.98 Å². The van der Waals surface area contributed by atoms with E-state index >= 15 is 0 Å². The minimum Gasteiger partial charge on any atom is -0.487 e. The standard InChI is InChI=1S/C9H14N2O2/c1-7-3-4-8(9(10)11-7)13-6-5-12-2/h3-4H,5-6H2,1-2H3,(H2,10,11). The Morgan fingerprint density at radius 1 is 1.38 bits per heavy atom. The molecule has 0 radical (unpaired) electrons. The highest BCUT2D eigenvalue weighted by atomic mass is 16.5. The molecule has 4 heteroatoms. The summed E-state index contributed by atoms with van der Waals surface area (Å²) in [6.07, 6.45) is 0. The zero-order chi connectivity index (χ0) is 9.68. The highest BCUT2D eigenvalue weighted by molar-refractivity contribution is 5.46. The van der Waals surface area contributed by atoms with E-state index in [-0.39, 0.29) is 0 Å². The fraction of sp³-hybridized carbons (Fsp3) is 0.444. The van der Waals surface area contributed by atoms with Gasteiger partial charge in [0, 0.05) is 12.8 Å². The summed E-state index contributed by atoms with van der Waals surface area (Å²) in [6, 6.07) is 3.67. The van der Waals surface area contributed by atoms with Gasteiger partial charge in [0.2, 0.25) is 0 Å². The summed E-state index contributed by atoms with van der Waals surface area (Å²) in [6.45, 7) is 2.92. The van der Waals surface area contributed by atoms with E-state index in [0.717, 1.165) is 5.69 Å². The summed E-state index contributed by atoms with van der Waals surface area (Å²) < 4.78 is 10.2. The molecule has 0 aliphatic carbocycles. The molecule has 4 nitrogen and oxygen atoms in total. The van der Waals surface area contributed by atoms with E-state index in [1.807, 2.05) is 19.1 Å². The Labute approximate surface area is 77.7 Å². The number of hydrogen-bond acceptors (Lipinski definition) is 4. The zero-order valence-electron chi connectivity index (χ0n) is 7.91. The van der Waals surface area contributed by atoms with Crippen molar-refractivity contribution in [1.29, 1.82) is 0 Å². The van der Waals surface area contributed by atoms with Crippen LogP contribution in [0.3, 0.4) is 0 Å². The molecule has 2 N–H and O–H groups in total. The average Bonchev–Trinajstić information content (AvgIpc) is 2.09. The summed E-state index contributed by atoms with van der Waals surface area (Å²) in [5.41, 5.74) is 6.51. The molecule has 1 aromatic heterocycles. The van der Waals surface area contributed by atoms with Gasteiger partial charge in [-0.1, -0.05) is 0 Å². The van der Waals surface area contributed by atoms with Crippen LogP contribution in [0.5, 0.6) is 5.75 Å². The number of aromatic nitrogens is 1. The Hall–Kier alpha value is -1.29. The Kier molecular flexibility index (Phi) is 3.52. The van der Waals surface area contributed by atoms with Crippen molar-refractivity contribution in [3.05, 3.63) is 17.8 Å². The summed E-state index contributed by atoms with van der Waals surface area (Å²) >= 11 is 0. The number of nitrogen functional groups attached to an aromatic ring is 1. The first-order valence-corrected chi connectivity index (χ1v) is 4.09. The van der Waals surface area contributed by atoms with E-state index in [4.69, 9.17) is 15.2 Å². The highest BCUT2D eigenvalue weighted by Crippen LogP contribution is 2.18. The number of methoxy groups -OCH3 is 1. The number of rotatable bonds is 4. The molecule has 0 aliphatic rings. The minimum absolute atomic E-state index is 0.427. The normalized spacial score (nSPS) is 10.0. The van der Waals surface area contributed by atoms with Gasteiger partial charge in [0.05, 0.1) is 6.61 Å². The van der Waals surface area contributed by atoms with Crippen LogP contribution in [0.15, 0.2) is 12.1 Å². The zero-order valence-corrected chi connectivity index (χ0v) is 7.91. The van der Waals surface area contributed by atoms with Crippen molar-refractivity contribution in [2.45, 2.75) is 6.92 Å². The molecule has 1 aromatic rings. The molecule has 0 saturated heterocycles. The van der Waals surface area contributed by atoms with Crippen LogP contribution in [0.25, 0.3) is 0 Å². The third kappa shape index (κ3) is 2.91. The lowest BCUT2D eigenvalue weighted by Crippen LogP contribution is -2.06. The van der Waals surface area contributed by atoms with Crippen molar-refractivity contribution in [3.63, 3.8) is 0 Å². The molecule has 72 valence electrons. The van der Waals surface area contributed by atoms with Crippen LogP contribution >= 0.6 is 0 Å². The first-order chi connectivity index (χ1) is 6.24. The summed E-state index contributed by atoms with van der Waals surface area (Å²) in [7, 11) is 1.63. The van der Waals surface area contributed by atoms with Crippen molar-refractivity contribution < 1.29 is 9.47 Å². The van der Waals surface area contributed by atoms with Crippen LogP contribution in [0.4, 0.5) is 5.82 Å². The SMILES string of the molecule is COCCOc1ccc(C)nc1N. The smallest absolute Gasteiger partial charge is 0.166 e. The predicted octanol–water partition coefficient (Wildman–Crippen LogP) is 0.997. The number of hydrogen-bond donors (Lipinski definition) is 1. The predicted molar refractivity (Wildman–Crippen MR) is 50.8 cm³/mol. The Morgan fingerprint density at radius 3 is 2.77 bits per heavy atom. The van der Waals surface area contributed by atoms with Crippen LogP contribution in [0.2, 0.25) is 0 Å². The first-order valence-electron chi connectivity index (χ1n) is 4.09. The topological polar surface area (TPSA) is 57.4 Å². The molecule has 0 aromatic carbocycles. The van der Waals surface area contributed by atoms with Gasteiger partial charge < -0.3 is 15.2 Å². The lowest BCUT2D eigenvalue weighted by Gasteiger charge is -2.07. The van der Waals surface area contributed by atoms with Crippen LogP contribution < -0.4 is 10.5 Å². The average molecular weight is 182 g/mol. The van der Waals surface area contributed by atoms with Crippen LogP contribution in [0, 0.1) is 6.92 Å². The molecule has 0 amide bonds. The maximum Gasteiger partial charge on any atom is 0.166 e. The van der Waals surface area contributed by atoms with Gasteiger partial charge in [-0.25, -0.2) is 4.98 Å². The largest absolute Gasteiger partial charge is 0.487 e. The van der Waals surface area contributed by atoms with Crippen LogP contribution in [-0.2, 0) is 4.74 Å². The summed E-state index contributed by atoms with van der Waals surface area (Å²) in [5, 5.41) is 0. The van der Waals surface area contributed by atoms with E-state index < -0.39 is 0 Å². The lowest BCUT2D eigenvalue weighted by molar-refractivity contribution is 0.146. The molecule has 0 aliphatic heterocycles. The fourth-order valence-corrected chi connectivity index (χ4v) is 0.921. The number of nitrogens with zero attached hydrogens (tertiary/aromatic N) is 1. The second-order valence-corrected chi connectivity index (χ2v) is 2.68. The number of anilines is 1. The minimum atomic E-state index is 0.427. The molecular formula is C9H14N2O2. The van der Waals surface area contributed by atoms with Gasteiger partial charge in [0.15, 0.2) is 11.6 Å². The first kappa shape index (κ1) is 9.80. The molecule has 13 heavy (non-hydrogen) atoms. The second-order valence-electron chi connectivity index (χ2n) is 2.68. The fourth-order valence-electron chi connectivity index (χ4n) is 0.921. The summed E-state index contributed by atoms with van der Waals surface area (Å²) in [4.78, 5) is 4.06. The van der Waals surface area contributed by atoms with Gasteiger partial charge in [-0.05, 0) is 19.1 Å². The van der Waals surface area contributed by atoms with E-state index in [1.54, 1.807) is 7.11 Å². The lowest BCUT2D eigenvalue weighted by atomic mass is 10.3. The number of ether oxygens (including phenoxy) is 2. The molecule has 0 fully saturated rings. The number of nitrogens with two attached hydrogens (primary N) is 1. The van der Waals surface area contributed by atoms with Gasteiger partial charge in [-0.2, -0.15) is 0 Å². The van der Waals surface area contributed by atoms with Gasteiger partial charge >= 0.3 is 0 Å². The maximum atomic E-state index is 5.63. The van der Waals surface area contributed by atoms with Crippen molar-refractivity contribution in [2.75, 3.05) is 26.1 Å². The third-order valence-corrected chi connectivity index (χ3v) is 1.57. The van der Waals surface area contributed by atoms with E-state index in [0.29, 0.717) is 24.8 Å². The van der Waals surface area contributed by atoms with Crippen molar-refractivity contribution >= 4 is 5.82 Å². The number of pyridine rings is 1. The van der Waals surface area contributed by atoms with E-state index in [1.165, 1.54) is 0 Å². The third-order valence-electron chi connectivity index (χ3n) is 1.57. The molecule has 1 heterocycles.